The molecule has 2 rings (SSSR count). The average molecular weight is 497 g/mol. The zero-order chi connectivity index (χ0) is 22.6. The highest BCUT2D eigenvalue weighted by Crippen LogP contribution is 2.69. The molecule has 1 aliphatic heterocycles. The van der Waals surface area contributed by atoms with E-state index in [-0.39, 0.29) is 5.82 Å². The van der Waals surface area contributed by atoms with Gasteiger partial charge in [-0.15, -0.1) is 0 Å². The number of anilines is 1. The predicted octanol–water partition coefficient (Wildman–Crippen LogP) is -2.83. The van der Waals surface area contributed by atoms with Gasteiger partial charge in [0.25, 0.3) is 0 Å². The molecule has 0 bridgehead atoms. The van der Waals surface area contributed by atoms with Crippen molar-refractivity contribution in [3.8, 4) is 0 Å². The van der Waals surface area contributed by atoms with Gasteiger partial charge in [-0.1, -0.05) is 19.9 Å². The molecule has 21 heteroatoms. The van der Waals surface area contributed by atoms with Gasteiger partial charge < -0.3 is 10.5 Å². The van der Waals surface area contributed by atoms with Crippen molar-refractivity contribution < 1.29 is 68.0 Å². The Hall–Kier alpha value is -1.33. The zero-order valence-corrected chi connectivity index (χ0v) is 17.7. The molecule has 18 nitrogen and oxygen atoms in total. The molecule has 0 saturated carbocycles. The number of hydrogen-bond donors (Lipinski definition) is 5. The third-order valence-corrected chi connectivity index (χ3v) is 7.86. The average Bonchev–Trinajstić information content (AvgIpc) is 3.15. The van der Waals surface area contributed by atoms with Crippen molar-refractivity contribution in [1.29, 1.82) is 0 Å². The Morgan fingerprint density at radius 1 is 1.13 bits per heavy atom. The van der Waals surface area contributed by atoms with E-state index in [0.717, 1.165) is 4.57 Å². The van der Waals surface area contributed by atoms with Crippen LogP contribution in [0.25, 0.3) is 0 Å². The lowest BCUT2D eigenvalue weighted by Crippen LogP contribution is -2.49. The van der Waals surface area contributed by atoms with Gasteiger partial charge in [-0.05, 0) is 12.1 Å². The third-order valence-electron chi connectivity index (χ3n) is 3.21. The quantitative estimate of drug-likeness (QED) is 0.117. The van der Waals surface area contributed by atoms with Crippen LogP contribution in [0, 0.1) is 0 Å². The van der Waals surface area contributed by atoms with E-state index in [1.807, 2.05) is 0 Å². The van der Waals surface area contributed by atoms with Crippen molar-refractivity contribution in [2.75, 3.05) is 12.3 Å². The first-order valence-electron chi connectivity index (χ1n) is 7.54. The number of aromatic nitrogens is 2. The number of nitrogen functional groups attached to an aromatic ring is 1. The molecule has 0 fully saturated rings. The van der Waals surface area contributed by atoms with Crippen LogP contribution in [0.5, 0.6) is 0 Å². The van der Waals surface area contributed by atoms with Crippen LogP contribution in [0.2, 0.25) is 0 Å². The Labute approximate surface area is 167 Å². The van der Waals surface area contributed by atoms with E-state index in [1.54, 1.807) is 0 Å². The molecule has 30 heavy (non-hydrogen) atoms. The fourth-order valence-electron chi connectivity index (χ4n) is 1.95. The molecule has 2 heterocycles. The largest absolute Gasteiger partial charge is 0.538 e. The summed E-state index contributed by atoms with van der Waals surface area (Å²) >= 11 is 0. The summed E-state index contributed by atoms with van der Waals surface area (Å²) in [7, 11) is -14.9. The maximum atomic E-state index is 12.5. The van der Waals surface area contributed by atoms with Gasteiger partial charge in [-0.3, -0.25) is 14.0 Å². The van der Waals surface area contributed by atoms with Crippen LogP contribution in [0.1, 0.15) is 6.23 Å². The zero-order valence-electron chi connectivity index (χ0n) is 15.0. The van der Waals surface area contributed by atoms with Crippen LogP contribution in [-0.4, -0.2) is 27.2 Å². The second-order valence-electron chi connectivity index (χ2n) is 5.20. The Morgan fingerprint density at radius 2 is 1.80 bits per heavy atom. The first kappa shape index (κ1) is 24.9. The summed E-state index contributed by atoms with van der Waals surface area (Å²) in [6.45, 7) is -0.517. The van der Waals surface area contributed by atoms with Crippen molar-refractivity contribution >= 4 is 29.3 Å². The van der Waals surface area contributed by atoms with E-state index in [0.29, 0.717) is 0 Å². The topological polar surface area (TPSA) is 280 Å². The Bertz CT molecular complexity index is 984. The summed E-state index contributed by atoms with van der Waals surface area (Å²) in [5.74, 6) is 8.25. The second-order valence-corrected chi connectivity index (χ2v) is 10.3. The van der Waals surface area contributed by atoms with Crippen LogP contribution in [0.4, 0.5) is 5.82 Å². The lowest BCUT2D eigenvalue weighted by atomic mass is 10.4. The predicted molar refractivity (Wildman–Crippen MR) is 91.0 cm³/mol. The van der Waals surface area contributed by atoms with Crippen LogP contribution < -0.4 is 29.1 Å². The van der Waals surface area contributed by atoms with E-state index >= 15 is 0 Å². The van der Waals surface area contributed by atoms with Gasteiger partial charge in [-0.2, -0.15) is 13.6 Å². The molecular weight excluding hydrogens is 477 g/mol. The molecule has 5 atom stereocenters. The summed E-state index contributed by atoms with van der Waals surface area (Å²) < 4.78 is 68.3. The monoisotopic (exact) mass is 497 g/mol. The van der Waals surface area contributed by atoms with E-state index in [2.05, 4.69) is 45.2 Å². The number of nitrogens with zero attached hydrogens (tertiary/aromatic N) is 2. The minimum absolute atomic E-state index is 0.0275. The standard InChI is InChI=1S/C9H18N6O12P3/c10-7-3-4-15(9(16)14-7)8-2-1-6(22-8)5-21-29(19,24-12)27-30(20,25-13)26-28(17,18)23-11/h1-4,6,8H,5H2,11-13H3,(H-2,10,14,16,17,18)/q+1/p+2/t6-,8+,29?,30?/m0/s1. The molecule has 0 radical (unpaired) electrons. The van der Waals surface area contributed by atoms with Crippen molar-refractivity contribution in [2.24, 2.45) is 0 Å². The highest BCUT2D eigenvalue weighted by Gasteiger charge is 2.49. The number of hydrogen-bond acceptors (Lipinski definition) is 13. The van der Waals surface area contributed by atoms with Gasteiger partial charge >= 0.3 is 29.2 Å². The molecular formula is C9H20N6O12P3+3. The van der Waals surface area contributed by atoms with Gasteiger partial charge in [-0.25, -0.2) is 36.2 Å². The van der Waals surface area contributed by atoms with Crippen LogP contribution in [0.3, 0.4) is 0 Å². The number of quaternary nitrogens is 3. The van der Waals surface area contributed by atoms with Crippen LogP contribution in [0.15, 0.2) is 29.2 Å². The summed E-state index contributed by atoms with van der Waals surface area (Å²) in [6, 6.07) is 1.38. The minimum atomic E-state index is -5.08. The van der Waals surface area contributed by atoms with E-state index in [1.165, 1.54) is 24.4 Å². The molecule has 1 aliphatic rings. The maximum absolute atomic E-state index is 12.5. The molecule has 12 N–H and O–H groups in total. The first-order chi connectivity index (χ1) is 13.9. The molecule has 1 aromatic rings. The van der Waals surface area contributed by atoms with E-state index in [4.69, 9.17) is 15.0 Å². The van der Waals surface area contributed by atoms with Gasteiger partial charge in [0.2, 0.25) is 0 Å². The fraction of sp³-hybridized carbons (Fsp3) is 0.333. The molecule has 3 unspecified atom stereocenters. The fourth-order valence-corrected chi connectivity index (χ4v) is 5.67. The Balaban J connectivity index is 2.01. The molecule has 170 valence electrons. The number of rotatable bonds is 11. The molecule has 0 saturated heterocycles. The minimum Gasteiger partial charge on any atom is -0.383 e. The van der Waals surface area contributed by atoms with Gasteiger partial charge in [0.1, 0.15) is 11.9 Å². The summed E-state index contributed by atoms with van der Waals surface area (Å²) in [4.78, 5) is 24.6. The summed E-state index contributed by atoms with van der Waals surface area (Å²) in [5, 5.41) is 0. The van der Waals surface area contributed by atoms with E-state index < -0.39 is 48.1 Å². The number of nitrogens with two attached hydrogens (primary N) is 1. The van der Waals surface area contributed by atoms with Gasteiger partial charge in [0.15, 0.2) is 6.23 Å². The van der Waals surface area contributed by atoms with Gasteiger partial charge in [0, 0.05) is 6.20 Å². The molecule has 0 aliphatic carbocycles. The second kappa shape index (κ2) is 9.86. The van der Waals surface area contributed by atoms with Crippen LogP contribution >= 0.6 is 23.5 Å². The number of phosphoric acid groups is 3. The molecule has 0 spiro atoms. The number of ether oxygens (including phenoxy) is 1. The van der Waals surface area contributed by atoms with E-state index in [9.17, 15) is 23.4 Å². The summed E-state index contributed by atoms with van der Waals surface area (Å²) in [5.41, 5.74) is 4.74. The smallest absolute Gasteiger partial charge is 0.383 e. The highest BCUT2D eigenvalue weighted by molar-refractivity contribution is 7.67. The van der Waals surface area contributed by atoms with Crippen LogP contribution in [-0.2, 0) is 45.5 Å². The Morgan fingerprint density at radius 3 is 2.37 bits per heavy atom. The first-order valence-corrected chi connectivity index (χ1v) is 12.0. The van der Waals surface area contributed by atoms with Crippen molar-refractivity contribution in [2.45, 2.75) is 12.3 Å². The normalized spacial score (nSPS) is 24.8. The van der Waals surface area contributed by atoms with Crippen molar-refractivity contribution in [1.82, 2.24) is 9.55 Å². The lowest BCUT2D eigenvalue weighted by molar-refractivity contribution is -0.649. The molecule has 1 aromatic heterocycles. The Kier molecular flexibility index (Phi) is 8.20. The highest BCUT2D eigenvalue weighted by atomic mass is 31.3. The molecule has 0 amide bonds. The third kappa shape index (κ3) is 6.58. The lowest BCUT2D eigenvalue weighted by Gasteiger charge is -2.19. The van der Waals surface area contributed by atoms with Gasteiger partial charge in [0.05, 0.1) is 6.61 Å². The van der Waals surface area contributed by atoms with Crippen molar-refractivity contribution in [3.05, 3.63) is 34.9 Å². The summed E-state index contributed by atoms with van der Waals surface area (Å²) in [6.07, 6.45) is 2.54. The maximum Gasteiger partial charge on any atom is 0.538 e. The van der Waals surface area contributed by atoms with Crippen molar-refractivity contribution in [3.63, 3.8) is 0 Å². The SMILES string of the molecule is Nc1ccn([C@H]2C=C[C@@H](COP(=O)(O[NH3+])OP(=O)(O[NH3+])OP(=O)(O)O[NH3+])O2)c(=O)n1. The molecule has 0 aromatic carbocycles.